The molecule has 2 N–H and O–H groups in total. The first-order valence-electron chi connectivity index (χ1n) is 4.11. The lowest BCUT2D eigenvalue weighted by molar-refractivity contribution is -0.149. The first kappa shape index (κ1) is 12.9. The fourth-order valence-electron chi connectivity index (χ4n) is 0.973. The second-order valence-corrected chi connectivity index (χ2v) is 2.91. The molecule has 0 bridgehead atoms. The van der Waals surface area contributed by atoms with Crippen LogP contribution in [-0.2, 0) is 4.79 Å². The molecule has 0 fully saturated rings. The molecule has 0 atom stereocenters. The zero-order chi connectivity index (χ0) is 13.1. The first-order chi connectivity index (χ1) is 7.79. The van der Waals surface area contributed by atoms with Crippen molar-refractivity contribution in [2.24, 2.45) is 0 Å². The van der Waals surface area contributed by atoms with Gasteiger partial charge in [-0.25, -0.2) is 0 Å². The number of carbonyl (C=O) groups is 2. The monoisotopic (exact) mass is 253 g/mol. The summed E-state index contributed by atoms with van der Waals surface area (Å²) in [6.07, 6.45) is -4.71. The molecule has 0 aliphatic rings. The third-order valence-electron chi connectivity index (χ3n) is 1.52. The van der Waals surface area contributed by atoms with Crippen LogP contribution in [0, 0.1) is 0 Å². The Balaban J connectivity index is 2.83. The van der Waals surface area contributed by atoms with E-state index in [4.69, 9.17) is 5.11 Å². The number of nitrogens with one attached hydrogen (secondary N) is 1. The van der Waals surface area contributed by atoms with Crippen LogP contribution in [0.3, 0.4) is 0 Å². The highest BCUT2D eigenvalue weighted by molar-refractivity contribution is 5.92. The van der Waals surface area contributed by atoms with Crippen LogP contribution >= 0.6 is 0 Å². The van der Waals surface area contributed by atoms with Crippen molar-refractivity contribution in [3.05, 3.63) is 5.82 Å². The van der Waals surface area contributed by atoms with Crippen LogP contribution in [0.15, 0.2) is 0 Å². The van der Waals surface area contributed by atoms with Crippen LogP contribution in [0.25, 0.3) is 0 Å². The van der Waals surface area contributed by atoms with E-state index in [0.717, 1.165) is 0 Å². The Bertz CT molecular complexity index is 404. The number of alkyl halides is 3. The maximum Gasteiger partial charge on any atom is 0.406 e. The molecule has 11 heteroatoms. The Morgan fingerprint density at radius 1 is 1.41 bits per heavy atom. The number of hydrogen-bond acceptors (Lipinski definition) is 5. The van der Waals surface area contributed by atoms with Gasteiger partial charge >= 0.3 is 12.1 Å². The van der Waals surface area contributed by atoms with Crippen molar-refractivity contribution >= 4 is 11.9 Å². The summed E-state index contributed by atoms with van der Waals surface area (Å²) < 4.78 is 36.3. The first-order valence-corrected chi connectivity index (χ1v) is 4.11. The topological polar surface area (TPSA) is 112 Å². The Morgan fingerprint density at radius 2 is 2.06 bits per heavy atom. The predicted molar refractivity (Wildman–Crippen MR) is 43.8 cm³/mol. The predicted octanol–water partition coefficient (Wildman–Crippen LogP) is -0.711. The second kappa shape index (κ2) is 4.76. The van der Waals surface area contributed by atoms with Gasteiger partial charge in [-0.05, 0) is 5.21 Å². The minimum absolute atomic E-state index is 0.0627. The van der Waals surface area contributed by atoms with E-state index in [1.54, 1.807) is 0 Å². The van der Waals surface area contributed by atoms with Gasteiger partial charge in [-0.3, -0.25) is 9.59 Å². The third kappa shape index (κ3) is 4.04. The summed E-state index contributed by atoms with van der Waals surface area (Å²) in [5.74, 6) is -3.47. The van der Waals surface area contributed by atoms with Gasteiger partial charge in [0.25, 0.3) is 11.7 Å². The Labute approximate surface area is 91.4 Å². The standard InChI is InChI=1S/C6H6F3N5O3/c7-6(8,9)2-14(1-3(15)16)5(17)4-10-12-13-11-4/h1-2H2,(H,15,16)(H,10,11,12,13). The molecule has 8 nitrogen and oxygen atoms in total. The maximum atomic E-state index is 12.1. The molecule has 0 spiro atoms. The molecular weight excluding hydrogens is 247 g/mol. The van der Waals surface area contributed by atoms with Gasteiger partial charge in [0, 0.05) is 0 Å². The van der Waals surface area contributed by atoms with Crippen molar-refractivity contribution in [3.8, 4) is 0 Å². The fraction of sp³-hybridized carbons (Fsp3) is 0.500. The van der Waals surface area contributed by atoms with Gasteiger partial charge < -0.3 is 10.0 Å². The Hall–Kier alpha value is -2.20. The summed E-state index contributed by atoms with van der Waals surface area (Å²) in [6.45, 7) is -2.81. The molecule has 0 aliphatic carbocycles. The number of aromatic nitrogens is 4. The van der Waals surface area contributed by atoms with E-state index in [-0.39, 0.29) is 4.90 Å². The molecule has 0 saturated heterocycles. The normalized spacial score (nSPS) is 11.2. The van der Waals surface area contributed by atoms with E-state index in [9.17, 15) is 22.8 Å². The molecule has 0 aliphatic heterocycles. The van der Waals surface area contributed by atoms with Crippen molar-refractivity contribution in [2.45, 2.75) is 6.18 Å². The number of aliphatic carboxylic acids is 1. The Kier molecular flexibility index (Phi) is 3.60. The zero-order valence-electron chi connectivity index (χ0n) is 8.10. The summed E-state index contributed by atoms with van der Waals surface area (Å²) >= 11 is 0. The van der Waals surface area contributed by atoms with Crippen LogP contribution < -0.4 is 0 Å². The maximum absolute atomic E-state index is 12.1. The molecule has 1 aromatic heterocycles. The highest BCUT2D eigenvalue weighted by atomic mass is 19.4. The highest BCUT2D eigenvalue weighted by Crippen LogP contribution is 2.17. The van der Waals surface area contributed by atoms with Gasteiger partial charge in [0.2, 0.25) is 0 Å². The summed E-state index contributed by atoms with van der Waals surface area (Å²) in [4.78, 5) is 21.8. The van der Waals surface area contributed by atoms with E-state index in [0.29, 0.717) is 0 Å². The second-order valence-electron chi connectivity index (χ2n) is 2.91. The molecule has 94 valence electrons. The average Bonchev–Trinajstić information content (AvgIpc) is 2.65. The zero-order valence-corrected chi connectivity index (χ0v) is 8.10. The Morgan fingerprint density at radius 3 is 2.47 bits per heavy atom. The van der Waals surface area contributed by atoms with E-state index < -0.39 is 37.0 Å². The molecule has 0 unspecified atom stereocenters. The number of rotatable bonds is 4. The van der Waals surface area contributed by atoms with Gasteiger partial charge in [-0.1, -0.05) is 0 Å². The average molecular weight is 253 g/mol. The number of amides is 1. The summed E-state index contributed by atoms with van der Waals surface area (Å²) in [6, 6.07) is 0. The number of hydrogen-bond donors (Lipinski definition) is 2. The number of H-pyrrole nitrogens is 1. The minimum Gasteiger partial charge on any atom is -0.480 e. The van der Waals surface area contributed by atoms with Crippen molar-refractivity contribution in [3.63, 3.8) is 0 Å². The smallest absolute Gasteiger partial charge is 0.406 e. The van der Waals surface area contributed by atoms with Crippen molar-refractivity contribution in [1.82, 2.24) is 25.5 Å². The van der Waals surface area contributed by atoms with E-state index >= 15 is 0 Å². The summed E-state index contributed by atoms with van der Waals surface area (Å²) in [7, 11) is 0. The lowest BCUT2D eigenvalue weighted by Crippen LogP contribution is -2.42. The van der Waals surface area contributed by atoms with E-state index in [2.05, 4.69) is 15.4 Å². The lowest BCUT2D eigenvalue weighted by atomic mass is 10.4. The van der Waals surface area contributed by atoms with Crippen molar-refractivity contribution in [2.75, 3.05) is 13.1 Å². The number of tetrazole rings is 1. The van der Waals surface area contributed by atoms with Crippen LogP contribution in [0.5, 0.6) is 0 Å². The number of halogens is 3. The van der Waals surface area contributed by atoms with Gasteiger partial charge in [0.15, 0.2) is 0 Å². The molecule has 0 aromatic carbocycles. The number of carbonyl (C=O) groups excluding carboxylic acids is 1. The minimum atomic E-state index is -4.71. The van der Waals surface area contributed by atoms with Gasteiger partial charge in [0.05, 0.1) is 0 Å². The molecule has 1 aromatic rings. The largest absolute Gasteiger partial charge is 0.480 e. The van der Waals surface area contributed by atoms with Gasteiger partial charge in [0.1, 0.15) is 13.1 Å². The third-order valence-corrected chi connectivity index (χ3v) is 1.52. The summed E-state index contributed by atoms with van der Waals surface area (Å²) in [5, 5.41) is 19.6. The molecule has 1 amide bonds. The number of nitrogens with zero attached hydrogens (tertiary/aromatic N) is 4. The molecule has 17 heavy (non-hydrogen) atoms. The van der Waals surface area contributed by atoms with Crippen LogP contribution in [0.4, 0.5) is 13.2 Å². The van der Waals surface area contributed by atoms with Crippen LogP contribution in [-0.4, -0.2) is 61.8 Å². The molecule has 0 radical (unpaired) electrons. The van der Waals surface area contributed by atoms with E-state index in [1.165, 1.54) is 0 Å². The number of carboxylic acids is 1. The van der Waals surface area contributed by atoms with Crippen LogP contribution in [0.2, 0.25) is 0 Å². The molecule has 1 heterocycles. The summed E-state index contributed by atoms with van der Waals surface area (Å²) in [5.41, 5.74) is 0. The molecule has 1 rings (SSSR count). The van der Waals surface area contributed by atoms with Crippen molar-refractivity contribution < 1.29 is 27.9 Å². The SMILES string of the molecule is O=C(O)CN(CC(F)(F)F)C(=O)c1nn[nH]n1. The fourth-order valence-corrected chi connectivity index (χ4v) is 0.973. The quantitative estimate of drug-likeness (QED) is 0.732. The van der Waals surface area contributed by atoms with Crippen LogP contribution in [0.1, 0.15) is 10.6 Å². The van der Waals surface area contributed by atoms with E-state index in [1.807, 2.05) is 5.21 Å². The molecule has 0 saturated carbocycles. The highest BCUT2D eigenvalue weighted by Gasteiger charge is 2.35. The van der Waals surface area contributed by atoms with Crippen molar-refractivity contribution in [1.29, 1.82) is 0 Å². The van der Waals surface area contributed by atoms with Gasteiger partial charge in [-0.2, -0.15) is 18.4 Å². The number of aromatic amines is 1. The van der Waals surface area contributed by atoms with Gasteiger partial charge in [-0.15, -0.1) is 10.2 Å². The molecular formula is C6H6F3N5O3. The number of carboxylic acid groups (broad SMARTS) is 1. The lowest BCUT2D eigenvalue weighted by Gasteiger charge is -2.20.